The van der Waals surface area contributed by atoms with Crippen LogP contribution in [0.2, 0.25) is 10.0 Å². The number of fused-ring (bicyclic) bond motifs is 1. The van der Waals surface area contributed by atoms with Gasteiger partial charge in [-0.2, -0.15) is 0 Å². The van der Waals surface area contributed by atoms with E-state index >= 15 is 0 Å². The normalized spacial score (nSPS) is 10.8. The summed E-state index contributed by atoms with van der Waals surface area (Å²) in [6.45, 7) is 0.381. The summed E-state index contributed by atoms with van der Waals surface area (Å²) in [7, 11) is 0. The Kier molecular flexibility index (Phi) is 4.32. The molecule has 0 bridgehead atoms. The van der Waals surface area contributed by atoms with E-state index in [1.165, 1.54) is 0 Å². The lowest BCUT2D eigenvalue weighted by atomic mass is 10.1. The highest BCUT2D eigenvalue weighted by molar-refractivity contribution is 6.30. The molecule has 0 atom stereocenters. The van der Waals surface area contributed by atoms with Gasteiger partial charge in [0, 0.05) is 17.4 Å². The number of hydrogen-bond donors (Lipinski definition) is 1. The zero-order valence-electron chi connectivity index (χ0n) is 11.6. The smallest absolute Gasteiger partial charge is 0.224 e. The van der Waals surface area contributed by atoms with E-state index in [9.17, 15) is 4.79 Å². The Balaban J connectivity index is 1.61. The standard InChI is InChI=1S/C16H13Cl2N3O/c17-12-3-1-11(2-4-12)7-16(22)19-8-14-10-21-9-13(18)5-6-15(21)20-14/h1-6,9-10H,7-8H2,(H,19,22). The number of nitrogens with one attached hydrogen (secondary N) is 1. The van der Waals surface area contributed by atoms with Gasteiger partial charge in [-0.1, -0.05) is 35.3 Å². The van der Waals surface area contributed by atoms with Gasteiger partial charge in [0.15, 0.2) is 0 Å². The molecule has 6 heteroatoms. The van der Waals surface area contributed by atoms with E-state index < -0.39 is 0 Å². The molecule has 2 aromatic heterocycles. The second kappa shape index (κ2) is 6.38. The summed E-state index contributed by atoms with van der Waals surface area (Å²) in [5.41, 5.74) is 2.50. The molecule has 2 heterocycles. The molecule has 0 saturated carbocycles. The van der Waals surface area contributed by atoms with Crippen molar-refractivity contribution >= 4 is 34.8 Å². The third-order valence-corrected chi connectivity index (χ3v) is 3.69. The predicted octanol–water partition coefficient (Wildman–Crippen LogP) is 3.50. The summed E-state index contributed by atoms with van der Waals surface area (Å²) >= 11 is 11.7. The fourth-order valence-corrected chi connectivity index (χ4v) is 2.44. The lowest BCUT2D eigenvalue weighted by Gasteiger charge is -2.03. The quantitative estimate of drug-likeness (QED) is 0.794. The Bertz CT molecular complexity index is 812. The second-order valence-electron chi connectivity index (χ2n) is 4.92. The monoisotopic (exact) mass is 333 g/mol. The Morgan fingerprint density at radius 2 is 1.77 bits per heavy atom. The minimum absolute atomic E-state index is 0.0580. The van der Waals surface area contributed by atoms with Crippen LogP contribution < -0.4 is 5.32 Å². The number of halogens is 2. The Hall–Kier alpha value is -2.04. The van der Waals surface area contributed by atoms with E-state index in [1.807, 2.05) is 28.8 Å². The number of pyridine rings is 1. The zero-order chi connectivity index (χ0) is 15.5. The van der Waals surface area contributed by atoms with Crippen LogP contribution in [0, 0.1) is 0 Å². The average molecular weight is 334 g/mol. The first kappa shape index (κ1) is 14.9. The van der Waals surface area contributed by atoms with Crippen molar-refractivity contribution in [1.29, 1.82) is 0 Å². The fourth-order valence-electron chi connectivity index (χ4n) is 2.14. The summed E-state index contributed by atoms with van der Waals surface area (Å²) < 4.78 is 1.84. The fraction of sp³-hybridized carbons (Fsp3) is 0.125. The van der Waals surface area contributed by atoms with Crippen LogP contribution in [0.15, 0.2) is 48.8 Å². The first-order valence-corrected chi connectivity index (χ1v) is 7.50. The molecule has 0 aliphatic carbocycles. The molecule has 4 nitrogen and oxygen atoms in total. The summed E-state index contributed by atoms with van der Waals surface area (Å²) in [5.74, 6) is -0.0580. The van der Waals surface area contributed by atoms with E-state index in [0.717, 1.165) is 16.9 Å². The first-order valence-electron chi connectivity index (χ1n) is 6.74. The molecule has 112 valence electrons. The van der Waals surface area contributed by atoms with Crippen molar-refractivity contribution in [2.75, 3.05) is 0 Å². The lowest BCUT2D eigenvalue weighted by molar-refractivity contribution is -0.120. The van der Waals surface area contributed by atoms with E-state index in [-0.39, 0.29) is 5.91 Å². The molecule has 3 rings (SSSR count). The summed E-state index contributed by atoms with van der Waals surface area (Å²) in [5, 5.41) is 4.16. The number of hydrogen-bond acceptors (Lipinski definition) is 2. The van der Waals surface area contributed by atoms with Crippen molar-refractivity contribution in [2.24, 2.45) is 0 Å². The lowest BCUT2D eigenvalue weighted by Crippen LogP contribution is -2.24. The third-order valence-electron chi connectivity index (χ3n) is 3.21. The van der Waals surface area contributed by atoms with E-state index in [1.54, 1.807) is 24.4 Å². The highest BCUT2D eigenvalue weighted by Crippen LogP contribution is 2.12. The van der Waals surface area contributed by atoms with Crippen molar-refractivity contribution in [2.45, 2.75) is 13.0 Å². The number of benzene rings is 1. The third kappa shape index (κ3) is 3.59. The van der Waals surface area contributed by atoms with Gasteiger partial charge in [-0.3, -0.25) is 4.79 Å². The Morgan fingerprint density at radius 3 is 2.55 bits per heavy atom. The van der Waals surface area contributed by atoms with Crippen LogP contribution in [-0.4, -0.2) is 15.3 Å². The van der Waals surface area contributed by atoms with Crippen molar-refractivity contribution < 1.29 is 4.79 Å². The molecular weight excluding hydrogens is 321 g/mol. The maximum atomic E-state index is 11.9. The summed E-state index contributed by atoms with van der Waals surface area (Å²) in [6.07, 6.45) is 3.95. The molecule has 0 fully saturated rings. The molecule has 0 saturated heterocycles. The van der Waals surface area contributed by atoms with Crippen molar-refractivity contribution in [3.63, 3.8) is 0 Å². The predicted molar refractivity (Wildman–Crippen MR) is 87.2 cm³/mol. The van der Waals surface area contributed by atoms with Crippen molar-refractivity contribution in [3.05, 3.63) is 70.1 Å². The number of rotatable bonds is 4. The summed E-state index contributed by atoms with van der Waals surface area (Å²) in [6, 6.07) is 10.9. The van der Waals surface area contributed by atoms with E-state index in [0.29, 0.717) is 23.0 Å². The number of amides is 1. The summed E-state index contributed by atoms with van der Waals surface area (Å²) in [4.78, 5) is 16.4. The molecule has 0 radical (unpaired) electrons. The van der Waals surface area contributed by atoms with Crippen molar-refractivity contribution in [3.8, 4) is 0 Å². The zero-order valence-corrected chi connectivity index (χ0v) is 13.1. The molecule has 22 heavy (non-hydrogen) atoms. The van der Waals surface area contributed by atoms with Crippen molar-refractivity contribution in [1.82, 2.24) is 14.7 Å². The SMILES string of the molecule is O=C(Cc1ccc(Cl)cc1)NCc1cn2cc(Cl)ccc2n1. The van der Waals surface area contributed by atoms with Gasteiger partial charge in [0.2, 0.25) is 5.91 Å². The molecule has 0 aliphatic rings. The largest absolute Gasteiger partial charge is 0.350 e. The van der Waals surface area contributed by atoms with Crippen LogP contribution in [0.5, 0.6) is 0 Å². The van der Waals surface area contributed by atoms with Gasteiger partial charge in [0.1, 0.15) is 5.65 Å². The van der Waals surface area contributed by atoms with Gasteiger partial charge in [0.25, 0.3) is 0 Å². The van der Waals surface area contributed by atoms with E-state index in [4.69, 9.17) is 23.2 Å². The molecule has 1 aromatic carbocycles. The van der Waals surface area contributed by atoms with Gasteiger partial charge in [-0.25, -0.2) is 4.98 Å². The van der Waals surface area contributed by atoms with Crippen LogP contribution in [-0.2, 0) is 17.8 Å². The minimum Gasteiger partial charge on any atom is -0.350 e. The minimum atomic E-state index is -0.0580. The first-order chi connectivity index (χ1) is 10.6. The topological polar surface area (TPSA) is 46.4 Å². The van der Waals surface area contributed by atoms with Crippen LogP contribution in [0.4, 0.5) is 0 Å². The molecule has 3 aromatic rings. The molecule has 1 N–H and O–H groups in total. The van der Waals surface area contributed by atoms with Gasteiger partial charge >= 0.3 is 0 Å². The molecule has 1 amide bonds. The number of carbonyl (C=O) groups is 1. The average Bonchev–Trinajstić information content (AvgIpc) is 2.89. The Labute approximate surface area is 137 Å². The maximum absolute atomic E-state index is 11.9. The highest BCUT2D eigenvalue weighted by Gasteiger charge is 2.06. The van der Waals surface area contributed by atoms with Gasteiger partial charge in [-0.05, 0) is 29.8 Å². The number of aromatic nitrogens is 2. The highest BCUT2D eigenvalue weighted by atomic mass is 35.5. The molecular formula is C16H13Cl2N3O. The Morgan fingerprint density at radius 1 is 1.05 bits per heavy atom. The van der Waals surface area contributed by atoms with E-state index in [2.05, 4.69) is 10.3 Å². The number of imidazole rings is 1. The van der Waals surface area contributed by atoms with Gasteiger partial charge in [0.05, 0.1) is 23.7 Å². The molecule has 0 spiro atoms. The number of carbonyl (C=O) groups excluding carboxylic acids is 1. The second-order valence-corrected chi connectivity index (χ2v) is 5.80. The number of nitrogens with zero attached hydrogens (tertiary/aromatic N) is 2. The molecule has 0 unspecified atom stereocenters. The van der Waals surface area contributed by atoms with Crippen LogP contribution >= 0.6 is 23.2 Å². The maximum Gasteiger partial charge on any atom is 0.224 e. The van der Waals surface area contributed by atoms with Crippen LogP contribution in [0.3, 0.4) is 0 Å². The van der Waals surface area contributed by atoms with Crippen LogP contribution in [0.25, 0.3) is 5.65 Å². The van der Waals surface area contributed by atoms with Crippen LogP contribution in [0.1, 0.15) is 11.3 Å². The van der Waals surface area contributed by atoms with Gasteiger partial charge in [-0.15, -0.1) is 0 Å². The molecule has 0 aliphatic heterocycles. The van der Waals surface area contributed by atoms with Gasteiger partial charge < -0.3 is 9.72 Å².